The topological polar surface area (TPSA) is 124 Å². The molecular formula is C20H15ClN4O5. The summed E-state index contributed by atoms with van der Waals surface area (Å²) in [6, 6.07) is 12.2. The quantitative estimate of drug-likeness (QED) is 0.360. The van der Waals surface area contributed by atoms with Gasteiger partial charge < -0.3 is 10.1 Å². The van der Waals surface area contributed by atoms with Crippen LogP contribution < -0.4 is 5.32 Å². The van der Waals surface area contributed by atoms with Crippen molar-refractivity contribution in [1.29, 1.82) is 0 Å². The zero-order valence-corrected chi connectivity index (χ0v) is 16.4. The van der Waals surface area contributed by atoms with Crippen LogP contribution in [-0.4, -0.2) is 26.8 Å². The molecule has 0 spiro atoms. The van der Waals surface area contributed by atoms with Gasteiger partial charge in [0.1, 0.15) is 5.02 Å². The third kappa shape index (κ3) is 4.95. The van der Waals surface area contributed by atoms with Crippen molar-refractivity contribution in [3.63, 3.8) is 0 Å². The van der Waals surface area contributed by atoms with Gasteiger partial charge in [0.2, 0.25) is 6.10 Å². The zero-order chi connectivity index (χ0) is 21.7. The fraction of sp³-hybridized carbons (Fsp3) is 0.100. The molecule has 152 valence electrons. The third-order valence-corrected chi connectivity index (χ3v) is 4.29. The highest BCUT2D eigenvalue weighted by molar-refractivity contribution is 6.32. The number of nitro benzene ring substituents is 1. The van der Waals surface area contributed by atoms with Gasteiger partial charge in [0, 0.05) is 23.5 Å². The van der Waals surface area contributed by atoms with Gasteiger partial charge in [-0.05, 0) is 19.1 Å². The zero-order valence-electron chi connectivity index (χ0n) is 15.6. The Balaban J connectivity index is 1.86. The summed E-state index contributed by atoms with van der Waals surface area (Å²) in [5.41, 5.74) is 0.734. The number of anilines is 1. The number of hydrogen-bond acceptors (Lipinski definition) is 7. The molecule has 1 N–H and O–H groups in total. The molecule has 0 fully saturated rings. The first kappa shape index (κ1) is 20.9. The maximum Gasteiger partial charge on any atom is 0.359 e. The molecule has 3 aromatic rings. The number of aryl methyl sites for hydroxylation is 1. The number of nitrogens with zero attached hydrogens (tertiary/aromatic N) is 3. The van der Waals surface area contributed by atoms with Gasteiger partial charge in [-0.1, -0.05) is 41.9 Å². The summed E-state index contributed by atoms with van der Waals surface area (Å²) in [6.45, 7) is 1.72. The Hall–Kier alpha value is -3.85. The number of nitro groups is 1. The first-order valence-corrected chi connectivity index (χ1v) is 9.02. The first-order valence-electron chi connectivity index (χ1n) is 8.64. The number of rotatable bonds is 6. The Kier molecular flexibility index (Phi) is 6.33. The number of carbonyl (C=O) groups excluding carboxylic acids is 2. The summed E-state index contributed by atoms with van der Waals surface area (Å²) >= 11 is 5.80. The number of nitrogens with one attached hydrogen (secondary N) is 1. The lowest BCUT2D eigenvalue weighted by molar-refractivity contribution is -0.384. The van der Waals surface area contributed by atoms with Crippen molar-refractivity contribution in [2.45, 2.75) is 13.0 Å². The average molecular weight is 427 g/mol. The molecule has 0 saturated carbocycles. The molecule has 0 radical (unpaired) electrons. The van der Waals surface area contributed by atoms with E-state index in [0.29, 0.717) is 11.3 Å². The summed E-state index contributed by atoms with van der Waals surface area (Å²) in [5.74, 6) is -1.54. The Morgan fingerprint density at radius 3 is 2.50 bits per heavy atom. The molecule has 1 heterocycles. The van der Waals surface area contributed by atoms with Crippen molar-refractivity contribution in [2.24, 2.45) is 0 Å². The van der Waals surface area contributed by atoms with Gasteiger partial charge in [-0.3, -0.25) is 19.9 Å². The van der Waals surface area contributed by atoms with Crippen LogP contribution >= 0.6 is 11.6 Å². The largest absolute Gasteiger partial charge is 0.443 e. The van der Waals surface area contributed by atoms with Crippen LogP contribution in [0.25, 0.3) is 0 Å². The minimum Gasteiger partial charge on any atom is -0.443 e. The molecule has 9 nitrogen and oxygen atoms in total. The molecule has 1 atom stereocenters. The second-order valence-electron chi connectivity index (χ2n) is 6.15. The minimum atomic E-state index is -1.32. The normalized spacial score (nSPS) is 11.4. The molecule has 1 amide bonds. The number of esters is 1. The highest BCUT2D eigenvalue weighted by Crippen LogP contribution is 2.28. The van der Waals surface area contributed by atoms with E-state index in [1.54, 1.807) is 37.3 Å². The number of amides is 1. The van der Waals surface area contributed by atoms with E-state index >= 15 is 0 Å². The second-order valence-corrected chi connectivity index (χ2v) is 6.56. The fourth-order valence-corrected chi connectivity index (χ4v) is 2.69. The molecule has 0 aliphatic heterocycles. The third-order valence-electron chi connectivity index (χ3n) is 3.97. The number of benzene rings is 2. The van der Waals surface area contributed by atoms with Crippen LogP contribution in [0, 0.1) is 17.0 Å². The highest BCUT2D eigenvalue weighted by Gasteiger charge is 2.27. The highest BCUT2D eigenvalue weighted by atomic mass is 35.5. The maximum atomic E-state index is 12.9. The summed E-state index contributed by atoms with van der Waals surface area (Å²) in [6.07, 6.45) is 1.33. The average Bonchev–Trinajstić information content (AvgIpc) is 2.74. The molecule has 0 aliphatic carbocycles. The number of carbonyl (C=O) groups is 2. The molecule has 2 aromatic carbocycles. The number of aromatic nitrogens is 2. The van der Waals surface area contributed by atoms with Crippen LogP contribution in [0.2, 0.25) is 5.02 Å². The van der Waals surface area contributed by atoms with Crippen molar-refractivity contribution in [2.75, 3.05) is 5.32 Å². The smallest absolute Gasteiger partial charge is 0.359 e. The van der Waals surface area contributed by atoms with Crippen molar-refractivity contribution >= 4 is 34.9 Å². The van der Waals surface area contributed by atoms with E-state index in [4.69, 9.17) is 16.3 Å². The van der Waals surface area contributed by atoms with E-state index in [9.17, 15) is 19.7 Å². The Morgan fingerprint density at radius 2 is 1.87 bits per heavy atom. The SMILES string of the molecule is Cc1cnc(C(=O)O[C@H](C(=O)Nc2ccc(Cl)c([N+](=O)[O-])c2)c2ccccc2)cn1. The van der Waals surface area contributed by atoms with Crippen LogP contribution in [0.3, 0.4) is 0 Å². The van der Waals surface area contributed by atoms with E-state index in [1.165, 1.54) is 24.5 Å². The van der Waals surface area contributed by atoms with E-state index in [2.05, 4.69) is 15.3 Å². The fourth-order valence-electron chi connectivity index (χ4n) is 2.50. The van der Waals surface area contributed by atoms with Crippen molar-refractivity contribution < 1.29 is 19.2 Å². The van der Waals surface area contributed by atoms with Gasteiger partial charge in [-0.15, -0.1) is 0 Å². The molecule has 0 aliphatic rings. The number of halogens is 1. The van der Waals surface area contributed by atoms with Crippen LogP contribution in [0.15, 0.2) is 60.9 Å². The lowest BCUT2D eigenvalue weighted by Gasteiger charge is -2.18. The van der Waals surface area contributed by atoms with Gasteiger partial charge in [0.25, 0.3) is 11.6 Å². The van der Waals surface area contributed by atoms with E-state index in [1.807, 2.05) is 0 Å². The Labute approximate surface area is 175 Å². The van der Waals surface area contributed by atoms with Crippen LogP contribution in [0.1, 0.15) is 27.8 Å². The molecular weight excluding hydrogens is 412 g/mol. The number of hydrogen-bond donors (Lipinski definition) is 1. The van der Waals surface area contributed by atoms with E-state index in [-0.39, 0.29) is 22.1 Å². The lowest BCUT2D eigenvalue weighted by atomic mass is 10.1. The summed E-state index contributed by atoms with van der Waals surface area (Å²) in [5, 5.41) is 13.5. The van der Waals surface area contributed by atoms with Crippen molar-refractivity contribution in [3.05, 3.63) is 93.0 Å². The van der Waals surface area contributed by atoms with Crippen molar-refractivity contribution in [1.82, 2.24) is 9.97 Å². The predicted molar refractivity (Wildman–Crippen MR) is 108 cm³/mol. The van der Waals surface area contributed by atoms with Crippen LogP contribution in [0.4, 0.5) is 11.4 Å². The van der Waals surface area contributed by atoms with Crippen LogP contribution in [-0.2, 0) is 9.53 Å². The Morgan fingerprint density at radius 1 is 1.13 bits per heavy atom. The standard InChI is InChI=1S/C20H15ClN4O5/c1-12-10-23-16(11-22-12)20(27)30-18(13-5-3-2-4-6-13)19(26)24-14-7-8-15(21)17(9-14)25(28)29/h2-11,18H,1H3,(H,24,26)/t18-/m0/s1. The van der Waals surface area contributed by atoms with Crippen molar-refractivity contribution in [3.8, 4) is 0 Å². The second kappa shape index (κ2) is 9.10. The molecule has 0 saturated heterocycles. The molecule has 3 rings (SSSR count). The summed E-state index contributed by atoms with van der Waals surface area (Å²) < 4.78 is 5.38. The molecule has 30 heavy (non-hydrogen) atoms. The van der Waals surface area contributed by atoms with Crippen LogP contribution in [0.5, 0.6) is 0 Å². The summed E-state index contributed by atoms with van der Waals surface area (Å²) in [4.78, 5) is 43.7. The molecule has 10 heteroatoms. The van der Waals surface area contributed by atoms with E-state index in [0.717, 1.165) is 6.07 Å². The number of ether oxygens (including phenoxy) is 1. The van der Waals surface area contributed by atoms with Gasteiger partial charge >= 0.3 is 5.97 Å². The molecule has 0 bridgehead atoms. The minimum absolute atomic E-state index is 0.0588. The van der Waals surface area contributed by atoms with Gasteiger partial charge in [-0.25, -0.2) is 9.78 Å². The molecule has 1 aromatic heterocycles. The Bertz CT molecular complexity index is 1090. The lowest BCUT2D eigenvalue weighted by Crippen LogP contribution is -2.26. The predicted octanol–water partition coefficient (Wildman–Crippen LogP) is 3.88. The monoisotopic (exact) mass is 426 g/mol. The van der Waals surface area contributed by atoms with Gasteiger partial charge in [-0.2, -0.15) is 0 Å². The maximum absolute atomic E-state index is 12.9. The van der Waals surface area contributed by atoms with Gasteiger partial charge in [0.05, 0.1) is 16.8 Å². The summed E-state index contributed by atoms with van der Waals surface area (Å²) in [7, 11) is 0. The van der Waals surface area contributed by atoms with Gasteiger partial charge in [0.15, 0.2) is 5.69 Å². The van der Waals surface area contributed by atoms with E-state index < -0.39 is 22.9 Å². The first-order chi connectivity index (χ1) is 14.3. The molecule has 0 unspecified atom stereocenters.